The van der Waals surface area contributed by atoms with Crippen LogP contribution in [0.5, 0.6) is 5.88 Å². The molecule has 5 heteroatoms. The van der Waals surface area contributed by atoms with Crippen molar-refractivity contribution in [2.24, 2.45) is 0 Å². The summed E-state index contributed by atoms with van der Waals surface area (Å²) in [6.45, 7) is 5.54. The van der Waals surface area contributed by atoms with Crippen LogP contribution in [0.4, 0.5) is 0 Å². The van der Waals surface area contributed by atoms with Crippen molar-refractivity contribution in [3.8, 4) is 5.88 Å². The Morgan fingerprint density at radius 1 is 1.58 bits per heavy atom. The summed E-state index contributed by atoms with van der Waals surface area (Å²) in [5.41, 5.74) is 1.05. The van der Waals surface area contributed by atoms with E-state index in [1.807, 2.05) is 17.0 Å². The first-order chi connectivity index (χ1) is 9.10. The lowest BCUT2D eigenvalue weighted by Crippen LogP contribution is -2.41. The molecule has 1 aliphatic rings. The van der Waals surface area contributed by atoms with Gasteiger partial charge in [-0.3, -0.25) is 4.79 Å². The van der Waals surface area contributed by atoms with Crippen LogP contribution in [0.3, 0.4) is 0 Å². The highest BCUT2D eigenvalue weighted by atomic mass is 16.5. The molecule has 19 heavy (non-hydrogen) atoms. The highest BCUT2D eigenvalue weighted by Gasteiger charge is 2.31. The second-order valence-corrected chi connectivity index (χ2v) is 5.13. The lowest BCUT2D eigenvalue weighted by Gasteiger charge is -2.18. The Labute approximate surface area is 114 Å². The Kier molecular flexibility index (Phi) is 4.37. The SMILES string of the molecule is COc1cc(CN2CCC(NC(C)C)C2=O)ccn1. The van der Waals surface area contributed by atoms with E-state index in [4.69, 9.17) is 4.74 Å². The molecule has 0 radical (unpaired) electrons. The summed E-state index contributed by atoms with van der Waals surface area (Å²) < 4.78 is 5.09. The number of likely N-dealkylation sites (tertiary alicyclic amines) is 1. The van der Waals surface area contributed by atoms with Gasteiger partial charge in [0.25, 0.3) is 0 Å². The Balaban J connectivity index is 1.98. The van der Waals surface area contributed by atoms with Gasteiger partial charge in [0.15, 0.2) is 0 Å². The molecule has 1 fully saturated rings. The zero-order chi connectivity index (χ0) is 13.8. The monoisotopic (exact) mass is 263 g/mol. The van der Waals surface area contributed by atoms with Gasteiger partial charge in [-0.1, -0.05) is 13.8 Å². The maximum Gasteiger partial charge on any atom is 0.240 e. The summed E-state index contributed by atoms with van der Waals surface area (Å²) in [5, 5.41) is 3.30. The Morgan fingerprint density at radius 3 is 3.05 bits per heavy atom. The van der Waals surface area contributed by atoms with E-state index >= 15 is 0 Å². The number of ether oxygens (including phenoxy) is 1. The van der Waals surface area contributed by atoms with E-state index in [9.17, 15) is 4.79 Å². The molecule has 1 aromatic rings. The van der Waals surface area contributed by atoms with Crippen LogP contribution in [0.25, 0.3) is 0 Å². The van der Waals surface area contributed by atoms with Gasteiger partial charge in [0.2, 0.25) is 11.8 Å². The summed E-state index contributed by atoms with van der Waals surface area (Å²) in [6, 6.07) is 4.08. The minimum absolute atomic E-state index is 0.0382. The molecule has 1 aromatic heterocycles. The highest BCUT2D eigenvalue weighted by molar-refractivity contribution is 5.84. The molecule has 1 atom stereocenters. The van der Waals surface area contributed by atoms with E-state index < -0.39 is 0 Å². The normalized spacial score (nSPS) is 19.3. The van der Waals surface area contributed by atoms with Crippen LogP contribution in [0.15, 0.2) is 18.3 Å². The van der Waals surface area contributed by atoms with Gasteiger partial charge >= 0.3 is 0 Å². The predicted octanol–water partition coefficient (Wildman–Crippen LogP) is 1.19. The number of carbonyl (C=O) groups is 1. The molecule has 1 amide bonds. The molecule has 2 rings (SSSR count). The minimum atomic E-state index is -0.0382. The molecule has 1 N–H and O–H groups in total. The third-order valence-corrected chi connectivity index (χ3v) is 3.21. The third-order valence-electron chi connectivity index (χ3n) is 3.21. The fourth-order valence-corrected chi connectivity index (χ4v) is 2.33. The molecular formula is C14H21N3O2. The minimum Gasteiger partial charge on any atom is -0.481 e. The number of hydrogen-bond acceptors (Lipinski definition) is 4. The van der Waals surface area contributed by atoms with E-state index in [0.29, 0.717) is 18.5 Å². The predicted molar refractivity (Wildman–Crippen MR) is 72.9 cm³/mol. The molecule has 2 heterocycles. The van der Waals surface area contributed by atoms with Gasteiger partial charge in [-0.15, -0.1) is 0 Å². The van der Waals surface area contributed by atoms with E-state index in [-0.39, 0.29) is 11.9 Å². The van der Waals surface area contributed by atoms with Crippen LogP contribution in [0.2, 0.25) is 0 Å². The van der Waals surface area contributed by atoms with Crippen LogP contribution in [-0.4, -0.2) is 41.5 Å². The van der Waals surface area contributed by atoms with Gasteiger partial charge < -0.3 is 15.0 Å². The maximum absolute atomic E-state index is 12.2. The summed E-state index contributed by atoms with van der Waals surface area (Å²) >= 11 is 0. The average Bonchev–Trinajstić information content (AvgIpc) is 2.71. The summed E-state index contributed by atoms with van der Waals surface area (Å²) in [7, 11) is 1.59. The van der Waals surface area contributed by atoms with E-state index in [0.717, 1.165) is 18.5 Å². The quantitative estimate of drug-likeness (QED) is 0.867. The number of rotatable bonds is 5. The number of carbonyl (C=O) groups excluding carboxylic acids is 1. The molecule has 0 saturated carbocycles. The average molecular weight is 263 g/mol. The van der Waals surface area contributed by atoms with Crippen molar-refractivity contribution in [3.05, 3.63) is 23.9 Å². The lowest BCUT2D eigenvalue weighted by molar-refractivity contribution is -0.130. The van der Waals surface area contributed by atoms with Crippen molar-refractivity contribution in [1.82, 2.24) is 15.2 Å². The number of aromatic nitrogens is 1. The van der Waals surface area contributed by atoms with Crippen molar-refractivity contribution >= 4 is 5.91 Å². The number of nitrogens with zero attached hydrogens (tertiary/aromatic N) is 2. The van der Waals surface area contributed by atoms with Gasteiger partial charge in [-0.25, -0.2) is 4.98 Å². The first-order valence-corrected chi connectivity index (χ1v) is 6.64. The van der Waals surface area contributed by atoms with E-state index in [2.05, 4.69) is 24.1 Å². The molecule has 1 aliphatic heterocycles. The van der Waals surface area contributed by atoms with Crippen molar-refractivity contribution in [2.75, 3.05) is 13.7 Å². The Hall–Kier alpha value is -1.62. The molecular weight excluding hydrogens is 242 g/mol. The molecule has 0 aromatic carbocycles. The van der Waals surface area contributed by atoms with Crippen LogP contribution in [0.1, 0.15) is 25.8 Å². The zero-order valence-corrected chi connectivity index (χ0v) is 11.7. The van der Waals surface area contributed by atoms with Crippen molar-refractivity contribution in [2.45, 2.75) is 38.9 Å². The molecule has 0 spiro atoms. The van der Waals surface area contributed by atoms with Gasteiger partial charge in [-0.05, 0) is 18.1 Å². The number of nitrogens with one attached hydrogen (secondary N) is 1. The van der Waals surface area contributed by atoms with Crippen molar-refractivity contribution < 1.29 is 9.53 Å². The largest absolute Gasteiger partial charge is 0.481 e. The van der Waals surface area contributed by atoms with Crippen LogP contribution < -0.4 is 10.1 Å². The fourth-order valence-electron chi connectivity index (χ4n) is 2.33. The molecule has 0 aliphatic carbocycles. The van der Waals surface area contributed by atoms with Crippen molar-refractivity contribution in [1.29, 1.82) is 0 Å². The summed E-state index contributed by atoms with van der Waals surface area (Å²) in [5.74, 6) is 0.769. The number of pyridine rings is 1. The first-order valence-electron chi connectivity index (χ1n) is 6.64. The molecule has 0 bridgehead atoms. The zero-order valence-electron chi connectivity index (χ0n) is 11.7. The van der Waals surface area contributed by atoms with Crippen LogP contribution in [-0.2, 0) is 11.3 Å². The third kappa shape index (κ3) is 3.44. The second kappa shape index (κ2) is 6.02. The van der Waals surface area contributed by atoms with Gasteiger partial charge in [0.1, 0.15) is 0 Å². The first kappa shape index (κ1) is 13.8. The smallest absolute Gasteiger partial charge is 0.240 e. The van der Waals surface area contributed by atoms with Crippen LogP contribution >= 0.6 is 0 Å². The molecule has 1 saturated heterocycles. The second-order valence-electron chi connectivity index (χ2n) is 5.13. The van der Waals surface area contributed by atoms with Gasteiger partial charge in [0.05, 0.1) is 13.2 Å². The Morgan fingerprint density at radius 2 is 2.37 bits per heavy atom. The number of amides is 1. The van der Waals surface area contributed by atoms with Gasteiger partial charge in [0, 0.05) is 31.4 Å². The van der Waals surface area contributed by atoms with E-state index in [1.165, 1.54) is 0 Å². The lowest BCUT2D eigenvalue weighted by atomic mass is 10.2. The molecule has 5 nitrogen and oxygen atoms in total. The van der Waals surface area contributed by atoms with E-state index in [1.54, 1.807) is 13.3 Å². The molecule has 104 valence electrons. The Bertz CT molecular complexity index is 448. The topological polar surface area (TPSA) is 54.5 Å². The number of methoxy groups -OCH3 is 1. The summed E-state index contributed by atoms with van der Waals surface area (Å²) in [4.78, 5) is 18.2. The number of hydrogen-bond donors (Lipinski definition) is 1. The standard InChI is InChI=1S/C14H21N3O2/c1-10(2)16-12-5-7-17(14(12)18)9-11-4-6-15-13(8-11)19-3/h4,6,8,10,12,16H,5,7,9H2,1-3H3. The maximum atomic E-state index is 12.2. The molecule has 1 unspecified atom stereocenters. The van der Waals surface area contributed by atoms with Gasteiger partial charge in [-0.2, -0.15) is 0 Å². The van der Waals surface area contributed by atoms with Crippen molar-refractivity contribution in [3.63, 3.8) is 0 Å². The van der Waals surface area contributed by atoms with Crippen LogP contribution in [0, 0.1) is 0 Å². The fraction of sp³-hybridized carbons (Fsp3) is 0.571. The highest BCUT2D eigenvalue weighted by Crippen LogP contribution is 2.17. The summed E-state index contributed by atoms with van der Waals surface area (Å²) in [6.07, 6.45) is 2.58.